The Morgan fingerprint density at radius 3 is 2.31 bits per heavy atom. The predicted molar refractivity (Wildman–Crippen MR) is 208 cm³/mol. The van der Waals surface area contributed by atoms with E-state index in [0.29, 0.717) is 32.1 Å². The summed E-state index contributed by atoms with van der Waals surface area (Å²) in [4.78, 5) is 46.8. The summed E-state index contributed by atoms with van der Waals surface area (Å²) in [5.41, 5.74) is 7.03. The number of carbonyl (C=O) groups is 1. The zero-order chi connectivity index (χ0) is 40.4. The van der Waals surface area contributed by atoms with Crippen LogP contribution in [0.3, 0.4) is 0 Å². The zero-order valence-corrected chi connectivity index (χ0v) is 33.0. The minimum Gasteiger partial charge on any atom is -0.381 e. The van der Waals surface area contributed by atoms with Crippen molar-refractivity contribution in [1.29, 1.82) is 0 Å². The Labute approximate surface area is 321 Å². The lowest BCUT2D eigenvalue weighted by Crippen LogP contribution is -2.33. The normalized spacial score (nSPS) is 15.9. The molecule has 0 amide bonds. The highest BCUT2D eigenvalue weighted by Gasteiger charge is 2.25. The highest BCUT2D eigenvalue weighted by Crippen LogP contribution is 2.33. The molecule has 1 aliphatic rings. The molecule has 1 saturated heterocycles. The van der Waals surface area contributed by atoms with Crippen LogP contribution in [0.4, 0.5) is 0 Å². The number of aldehydes is 1. The van der Waals surface area contributed by atoms with Gasteiger partial charge in [-0.1, -0.05) is 87.3 Å². The third kappa shape index (κ3) is 19.0. The number of ether oxygens (including phenoxy) is 3. The van der Waals surface area contributed by atoms with Gasteiger partial charge in [-0.2, -0.15) is 5.10 Å². The maximum Gasteiger partial charge on any atom is 0.350 e. The summed E-state index contributed by atoms with van der Waals surface area (Å²) < 4.78 is 26.5. The van der Waals surface area contributed by atoms with Crippen molar-refractivity contribution in [1.82, 2.24) is 15.0 Å². The van der Waals surface area contributed by atoms with Crippen LogP contribution in [0.5, 0.6) is 0 Å². The van der Waals surface area contributed by atoms with Crippen LogP contribution in [-0.4, -0.2) is 89.5 Å². The summed E-state index contributed by atoms with van der Waals surface area (Å²) in [7, 11) is -2.65. The SMILES string of the molecule is CCC1COCCCOC[C@H]1O[N+](=O)[O-].CCCCc1nc(Cl)c(C=O)n1Cc1ccc(-c2ccccc2/C=N/N)cc1.CCNN.COCP(=O)(O)O. The van der Waals surface area contributed by atoms with Crippen molar-refractivity contribution in [2.45, 2.75) is 65.5 Å². The van der Waals surface area contributed by atoms with Gasteiger partial charge in [0.1, 0.15) is 24.0 Å². The number of nitrogens with one attached hydrogen (secondary N) is 1. The number of carbonyl (C=O) groups excluding carboxylic acids is 1. The number of aromatic nitrogens is 2. The van der Waals surface area contributed by atoms with Crippen LogP contribution in [0.25, 0.3) is 11.1 Å². The van der Waals surface area contributed by atoms with Gasteiger partial charge < -0.3 is 39.2 Å². The first-order valence-corrected chi connectivity index (χ1v) is 19.6. The van der Waals surface area contributed by atoms with Gasteiger partial charge in [0.05, 0.1) is 19.4 Å². The maximum absolute atomic E-state index is 11.5. The largest absolute Gasteiger partial charge is 0.381 e. The quantitative estimate of drug-likeness (QED) is 0.0361. The molecule has 7 N–H and O–H groups in total. The fraction of sp³-hybridized carbons (Fsp3) is 0.514. The summed E-state index contributed by atoms with van der Waals surface area (Å²) in [6.07, 6.45) is 5.88. The average molecular weight is 800 g/mol. The molecule has 1 unspecified atom stereocenters. The second-order valence-electron chi connectivity index (χ2n) is 11.8. The van der Waals surface area contributed by atoms with Gasteiger partial charge in [-0.05, 0) is 36.0 Å². The highest BCUT2D eigenvalue weighted by molar-refractivity contribution is 7.51. The first kappa shape index (κ1) is 48.2. The van der Waals surface area contributed by atoms with Gasteiger partial charge >= 0.3 is 7.60 Å². The Hall–Kier alpha value is -3.77. The Morgan fingerprint density at radius 1 is 1.15 bits per heavy atom. The second kappa shape index (κ2) is 27.8. The van der Waals surface area contributed by atoms with Crippen LogP contribution < -0.4 is 17.1 Å². The van der Waals surface area contributed by atoms with Gasteiger partial charge in [0, 0.05) is 51.3 Å². The van der Waals surface area contributed by atoms with Crippen LogP contribution in [-0.2, 0) is 36.6 Å². The molecule has 1 aliphatic heterocycles. The first-order valence-electron chi connectivity index (χ1n) is 17.4. The maximum atomic E-state index is 11.5. The fourth-order valence-corrected chi connectivity index (χ4v) is 5.52. The molecule has 1 fully saturated rings. The lowest BCUT2D eigenvalue weighted by Gasteiger charge is -2.22. The van der Waals surface area contributed by atoms with E-state index in [1.807, 2.05) is 42.7 Å². The van der Waals surface area contributed by atoms with Crippen molar-refractivity contribution in [3.8, 4) is 11.1 Å². The minimum absolute atomic E-state index is 0.0218. The van der Waals surface area contributed by atoms with Gasteiger partial charge in [-0.15, -0.1) is 10.1 Å². The molecular formula is C35H55ClN7O10P. The summed E-state index contributed by atoms with van der Waals surface area (Å²) in [5.74, 6) is 11.0. The lowest BCUT2D eigenvalue weighted by molar-refractivity contribution is -0.771. The van der Waals surface area contributed by atoms with E-state index in [1.54, 1.807) is 6.21 Å². The summed E-state index contributed by atoms with van der Waals surface area (Å²) >= 11 is 6.16. The van der Waals surface area contributed by atoms with Crippen LogP contribution in [0.15, 0.2) is 53.6 Å². The Balaban J connectivity index is 0.000000466. The fourth-order valence-electron chi connectivity index (χ4n) is 4.94. The molecule has 1 aromatic heterocycles. The Kier molecular flexibility index (Phi) is 24.8. The molecule has 0 bridgehead atoms. The van der Waals surface area contributed by atoms with Crippen LogP contribution in [0, 0.1) is 16.0 Å². The van der Waals surface area contributed by atoms with E-state index in [0.717, 1.165) is 73.0 Å². The molecule has 302 valence electrons. The molecular weight excluding hydrogens is 745 g/mol. The van der Waals surface area contributed by atoms with Crippen LogP contribution >= 0.6 is 19.2 Å². The van der Waals surface area contributed by atoms with Gasteiger partial charge in [-0.3, -0.25) is 20.6 Å². The van der Waals surface area contributed by atoms with Gasteiger partial charge in [0.25, 0.3) is 5.09 Å². The van der Waals surface area contributed by atoms with Gasteiger partial charge in [0.15, 0.2) is 11.4 Å². The second-order valence-corrected chi connectivity index (χ2v) is 13.7. The molecule has 3 aromatic rings. The molecule has 4 rings (SSSR count). The van der Waals surface area contributed by atoms with E-state index in [-0.39, 0.29) is 17.7 Å². The molecule has 17 nitrogen and oxygen atoms in total. The van der Waals surface area contributed by atoms with Crippen molar-refractivity contribution in [2.24, 2.45) is 22.7 Å². The number of unbranched alkanes of at least 4 members (excludes halogenated alkanes) is 1. The smallest absolute Gasteiger partial charge is 0.350 e. The number of nitrogens with zero attached hydrogens (tertiary/aromatic N) is 4. The molecule has 19 heteroatoms. The van der Waals surface area contributed by atoms with Crippen molar-refractivity contribution in [3.05, 3.63) is 86.4 Å². The number of hydrazone groups is 1. The molecule has 2 aromatic carbocycles. The van der Waals surface area contributed by atoms with E-state index in [2.05, 4.69) is 56.3 Å². The van der Waals surface area contributed by atoms with E-state index in [9.17, 15) is 19.5 Å². The highest BCUT2D eigenvalue weighted by atomic mass is 35.5. The van der Waals surface area contributed by atoms with E-state index in [1.165, 1.54) is 7.11 Å². The number of aryl methyl sites for hydroxylation is 1. The summed E-state index contributed by atoms with van der Waals surface area (Å²) in [5, 5.41) is 13.5. The number of nitrogens with two attached hydrogens (primary N) is 2. The molecule has 0 radical (unpaired) electrons. The van der Waals surface area contributed by atoms with Crippen LogP contribution in [0.2, 0.25) is 5.15 Å². The third-order valence-electron chi connectivity index (χ3n) is 7.65. The summed E-state index contributed by atoms with van der Waals surface area (Å²) in [6, 6.07) is 16.2. The number of hydrazine groups is 1. The van der Waals surface area contributed by atoms with Gasteiger partial charge in [0.2, 0.25) is 0 Å². The number of hydrogen-bond acceptors (Lipinski definition) is 13. The van der Waals surface area contributed by atoms with E-state index >= 15 is 0 Å². The number of rotatable bonds is 14. The number of hydrogen-bond donors (Lipinski definition) is 5. The average Bonchev–Trinajstić information content (AvgIpc) is 3.50. The molecule has 0 spiro atoms. The topological polar surface area (TPSA) is 249 Å². The molecule has 2 atom stereocenters. The number of benzene rings is 2. The van der Waals surface area contributed by atoms with E-state index < -0.39 is 25.1 Å². The van der Waals surface area contributed by atoms with Crippen LogP contribution in [0.1, 0.15) is 73.9 Å². The third-order valence-corrected chi connectivity index (χ3v) is 8.52. The van der Waals surface area contributed by atoms with Crippen molar-refractivity contribution < 1.29 is 43.3 Å². The predicted octanol–water partition coefficient (Wildman–Crippen LogP) is 4.96. The number of imidazole rings is 1. The van der Waals surface area contributed by atoms with Crippen molar-refractivity contribution >= 4 is 31.7 Å². The number of methoxy groups -OCH3 is 1. The first-order chi connectivity index (χ1) is 25.9. The van der Waals surface area contributed by atoms with Crippen molar-refractivity contribution in [2.75, 3.05) is 46.4 Å². The lowest BCUT2D eigenvalue weighted by atomic mass is 9.99. The monoisotopic (exact) mass is 799 g/mol. The molecule has 54 heavy (non-hydrogen) atoms. The zero-order valence-electron chi connectivity index (χ0n) is 31.3. The number of halogens is 1. The van der Waals surface area contributed by atoms with Gasteiger partial charge in [-0.25, -0.2) is 4.98 Å². The van der Waals surface area contributed by atoms with E-state index in [4.69, 9.17) is 42.5 Å². The Bertz CT molecular complexity index is 1570. The molecule has 2 heterocycles. The van der Waals surface area contributed by atoms with Crippen molar-refractivity contribution in [3.63, 3.8) is 0 Å². The molecule has 0 aliphatic carbocycles. The Morgan fingerprint density at radius 2 is 1.80 bits per heavy atom. The minimum atomic E-state index is -3.89. The standard InChI is InChI=1S/C22H23ClN4O.C9H17NO5.C2H8N2.C2H7O4P/c1-2-3-8-21-26-22(23)20(15-28)27(21)14-16-9-11-17(12-10-16)19-7-5-4-6-18(19)13-25-24;1-2-8-6-13-4-3-5-14-7-9(8)15-10(11)12;1-2-4-3;1-6-2-7(3,4)5/h4-7,9-13,15H,2-3,8,14,24H2,1H3;8-9H,2-7H2,1H3;4H,2-3H2,1H3;2H2,1H3,(H2,3,4,5)/b25-13+;;;/t;8?,9-;;/m.1../s1. The summed E-state index contributed by atoms with van der Waals surface area (Å²) in [6.45, 7) is 9.40. The molecule has 0 saturated carbocycles.